The van der Waals surface area contributed by atoms with Crippen LogP contribution in [0.25, 0.3) is 17.1 Å². The molecule has 0 unspecified atom stereocenters. The number of fused-ring (bicyclic) bond motifs is 1. The van der Waals surface area contributed by atoms with Gasteiger partial charge >= 0.3 is 0 Å². The quantitative estimate of drug-likeness (QED) is 0.410. The lowest BCUT2D eigenvalue weighted by Gasteiger charge is -2.28. The molecule has 2 amide bonds. The van der Waals surface area contributed by atoms with E-state index in [1.807, 2.05) is 35.9 Å². The van der Waals surface area contributed by atoms with Gasteiger partial charge in [0.25, 0.3) is 11.8 Å². The second kappa shape index (κ2) is 6.61. The summed E-state index contributed by atoms with van der Waals surface area (Å²) in [5, 5.41) is 3.11. The Bertz CT molecular complexity index is 1130. The Hall–Kier alpha value is -3.03. The van der Waals surface area contributed by atoms with Crippen LogP contribution in [0.2, 0.25) is 5.02 Å². The van der Waals surface area contributed by atoms with Crippen molar-refractivity contribution in [2.24, 2.45) is 7.05 Å². The highest BCUT2D eigenvalue weighted by molar-refractivity contribution is 7.80. The fourth-order valence-electron chi connectivity index (χ4n) is 2.90. The minimum atomic E-state index is -0.553. The molecule has 0 bridgehead atoms. The first-order valence-corrected chi connectivity index (χ1v) is 8.83. The number of carbonyl (C=O) groups excluding carboxylic acids is 2. The summed E-state index contributed by atoms with van der Waals surface area (Å²) >= 11 is 11.1. The number of anilines is 1. The maximum absolute atomic E-state index is 13.0. The Balaban J connectivity index is 1.78. The standard InChI is InChI=1S/C19H13ClN4O2S/c1-23-15-5-3-2-4-14(15)21-16(23)10-13-17(25)22-19(27)24(18(13)26)12-8-6-11(20)7-9-12/h2-10H,1H3,(H,22,25,27)/b13-10+. The Labute approximate surface area is 165 Å². The summed E-state index contributed by atoms with van der Waals surface area (Å²) in [6.45, 7) is 0. The molecule has 0 saturated carbocycles. The van der Waals surface area contributed by atoms with Crippen molar-refractivity contribution in [3.05, 3.63) is 65.0 Å². The van der Waals surface area contributed by atoms with Gasteiger partial charge < -0.3 is 4.57 Å². The first-order chi connectivity index (χ1) is 13.0. The summed E-state index contributed by atoms with van der Waals surface area (Å²) in [5.74, 6) is -0.570. The van der Waals surface area contributed by atoms with Crippen LogP contribution in [0, 0.1) is 0 Å². The Morgan fingerprint density at radius 1 is 1.11 bits per heavy atom. The Morgan fingerprint density at radius 3 is 2.52 bits per heavy atom. The molecular formula is C19H13ClN4O2S. The molecule has 1 N–H and O–H groups in total. The first kappa shape index (κ1) is 17.4. The lowest BCUT2D eigenvalue weighted by molar-refractivity contribution is -0.122. The van der Waals surface area contributed by atoms with Gasteiger partial charge in [-0.3, -0.25) is 19.8 Å². The number of aromatic nitrogens is 2. The molecule has 1 aliphatic heterocycles. The van der Waals surface area contributed by atoms with Crippen LogP contribution >= 0.6 is 23.8 Å². The van der Waals surface area contributed by atoms with Crippen LogP contribution < -0.4 is 10.2 Å². The number of thiocarbonyl (C=S) groups is 1. The monoisotopic (exact) mass is 396 g/mol. The van der Waals surface area contributed by atoms with Crippen LogP contribution in [0.1, 0.15) is 5.82 Å². The number of aryl methyl sites for hydroxylation is 1. The maximum atomic E-state index is 13.0. The van der Waals surface area contributed by atoms with Crippen LogP contribution in [0.15, 0.2) is 54.1 Å². The number of benzene rings is 2. The van der Waals surface area contributed by atoms with E-state index in [-0.39, 0.29) is 10.7 Å². The van der Waals surface area contributed by atoms with Gasteiger partial charge in [-0.05, 0) is 54.7 Å². The third-order valence-corrected chi connectivity index (χ3v) is 4.82. The molecule has 0 radical (unpaired) electrons. The van der Waals surface area contributed by atoms with Crippen molar-refractivity contribution in [3.63, 3.8) is 0 Å². The number of halogens is 1. The second-order valence-corrected chi connectivity index (χ2v) is 6.78. The number of rotatable bonds is 2. The molecule has 3 aromatic rings. The molecule has 134 valence electrons. The van der Waals surface area contributed by atoms with Crippen molar-refractivity contribution in [2.75, 3.05) is 4.90 Å². The minimum Gasteiger partial charge on any atom is -0.328 e. The SMILES string of the molecule is Cn1c(/C=C2\C(=O)NC(=S)N(c3ccc(Cl)cc3)C2=O)nc2ccccc21. The average molecular weight is 397 g/mol. The number of nitrogens with zero attached hydrogens (tertiary/aromatic N) is 3. The van der Waals surface area contributed by atoms with Crippen molar-refractivity contribution in [1.29, 1.82) is 0 Å². The molecule has 2 aromatic carbocycles. The van der Waals surface area contributed by atoms with Gasteiger partial charge in [0.1, 0.15) is 11.4 Å². The van der Waals surface area contributed by atoms with Crippen LogP contribution in [0.3, 0.4) is 0 Å². The van der Waals surface area contributed by atoms with E-state index in [0.717, 1.165) is 11.0 Å². The molecule has 0 spiro atoms. The van der Waals surface area contributed by atoms with E-state index in [0.29, 0.717) is 16.5 Å². The predicted octanol–water partition coefficient (Wildman–Crippen LogP) is 3.06. The summed E-state index contributed by atoms with van der Waals surface area (Å²) in [7, 11) is 1.83. The van der Waals surface area contributed by atoms with Gasteiger partial charge in [0, 0.05) is 12.1 Å². The van der Waals surface area contributed by atoms with E-state index in [9.17, 15) is 9.59 Å². The third kappa shape index (κ3) is 3.01. The van der Waals surface area contributed by atoms with Gasteiger partial charge in [-0.25, -0.2) is 4.98 Å². The van der Waals surface area contributed by atoms with Crippen molar-refractivity contribution in [1.82, 2.24) is 14.9 Å². The molecule has 2 heterocycles. The summed E-state index contributed by atoms with van der Waals surface area (Å²) in [6.07, 6.45) is 1.47. The third-order valence-electron chi connectivity index (χ3n) is 4.28. The molecular weight excluding hydrogens is 384 g/mol. The van der Waals surface area contributed by atoms with E-state index in [4.69, 9.17) is 23.8 Å². The number of nitrogens with one attached hydrogen (secondary N) is 1. The summed E-state index contributed by atoms with van der Waals surface area (Å²) in [6, 6.07) is 14.2. The van der Waals surface area contributed by atoms with Gasteiger partial charge in [-0.1, -0.05) is 23.7 Å². The molecule has 1 fully saturated rings. The summed E-state index contributed by atoms with van der Waals surface area (Å²) in [4.78, 5) is 31.2. The van der Waals surface area contributed by atoms with Gasteiger partial charge in [0.05, 0.1) is 16.7 Å². The highest BCUT2D eigenvalue weighted by atomic mass is 35.5. The first-order valence-electron chi connectivity index (χ1n) is 8.04. The summed E-state index contributed by atoms with van der Waals surface area (Å²) < 4.78 is 1.82. The Kier molecular flexibility index (Phi) is 4.25. The number of para-hydroxylation sites is 2. The van der Waals surface area contributed by atoms with Crippen LogP contribution in [0.5, 0.6) is 0 Å². The molecule has 1 saturated heterocycles. The predicted molar refractivity (Wildman–Crippen MR) is 108 cm³/mol. The minimum absolute atomic E-state index is 0.0227. The van der Waals surface area contributed by atoms with Gasteiger partial charge in [0.2, 0.25) is 0 Å². The molecule has 0 aliphatic carbocycles. The molecule has 1 aromatic heterocycles. The number of amides is 2. The highest BCUT2D eigenvalue weighted by Gasteiger charge is 2.34. The van der Waals surface area contributed by atoms with Gasteiger partial charge in [-0.2, -0.15) is 0 Å². The summed E-state index contributed by atoms with van der Waals surface area (Å²) in [5.41, 5.74) is 2.15. The largest absolute Gasteiger partial charge is 0.328 e. The normalized spacial score (nSPS) is 16.3. The van der Waals surface area contributed by atoms with Gasteiger partial charge in [-0.15, -0.1) is 0 Å². The smallest absolute Gasteiger partial charge is 0.270 e. The molecule has 1 aliphatic rings. The fourth-order valence-corrected chi connectivity index (χ4v) is 3.31. The van der Waals surface area contributed by atoms with Crippen LogP contribution in [-0.2, 0) is 16.6 Å². The number of hydrogen-bond donors (Lipinski definition) is 1. The lowest BCUT2D eigenvalue weighted by Crippen LogP contribution is -2.54. The second-order valence-electron chi connectivity index (χ2n) is 5.95. The number of hydrogen-bond acceptors (Lipinski definition) is 4. The zero-order valence-electron chi connectivity index (χ0n) is 14.1. The average Bonchev–Trinajstić information content (AvgIpc) is 2.96. The van der Waals surface area contributed by atoms with E-state index < -0.39 is 11.8 Å². The fraction of sp³-hybridized carbons (Fsp3) is 0.0526. The van der Waals surface area contributed by atoms with Crippen LogP contribution in [-0.4, -0.2) is 26.5 Å². The van der Waals surface area contributed by atoms with Crippen molar-refractivity contribution in [2.45, 2.75) is 0 Å². The molecule has 0 atom stereocenters. The van der Waals surface area contributed by atoms with Crippen molar-refractivity contribution in [3.8, 4) is 0 Å². The van der Waals surface area contributed by atoms with Gasteiger partial charge in [0.15, 0.2) is 5.11 Å². The van der Waals surface area contributed by atoms with Crippen LogP contribution in [0.4, 0.5) is 5.69 Å². The Morgan fingerprint density at radius 2 is 1.81 bits per heavy atom. The zero-order valence-corrected chi connectivity index (χ0v) is 15.7. The van der Waals surface area contributed by atoms with E-state index in [1.54, 1.807) is 24.3 Å². The zero-order chi connectivity index (χ0) is 19.1. The van der Waals surface area contributed by atoms with Crippen molar-refractivity contribution >= 4 is 63.5 Å². The maximum Gasteiger partial charge on any atom is 0.270 e. The number of imidazole rings is 1. The van der Waals surface area contributed by atoms with E-state index in [1.165, 1.54) is 11.0 Å². The molecule has 6 nitrogen and oxygen atoms in total. The molecule has 27 heavy (non-hydrogen) atoms. The number of carbonyl (C=O) groups is 2. The molecule has 4 rings (SSSR count). The topological polar surface area (TPSA) is 67.2 Å². The highest BCUT2D eigenvalue weighted by Crippen LogP contribution is 2.24. The molecule has 8 heteroatoms. The van der Waals surface area contributed by atoms with E-state index >= 15 is 0 Å². The van der Waals surface area contributed by atoms with E-state index in [2.05, 4.69) is 10.3 Å². The lowest BCUT2D eigenvalue weighted by atomic mass is 10.1. The van der Waals surface area contributed by atoms with Crippen molar-refractivity contribution < 1.29 is 9.59 Å².